The van der Waals surface area contributed by atoms with Crippen molar-refractivity contribution in [2.24, 2.45) is 5.73 Å². The predicted molar refractivity (Wildman–Crippen MR) is 44.4 cm³/mol. The lowest BCUT2D eigenvalue weighted by atomic mass is 10.1. The van der Waals surface area contributed by atoms with Crippen LogP contribution in [0.25, 0.3) is 6.08 Å². The van der Waals surface area contributed by atoms with E-state index in [9.17, 15) is 4.39 Å². The smallest absolute Gasteiger partial charge is 0.130 e. The molecular formula is C9H10FN. The predicted octanol–water partition coefficient (Wildman–Crippen LogP) is 1.93. The van der Waals surface area contributed by atoms with E-state index in [0.29, 0.717) is 12.1 Å². The summed E-state index contributed by atoms with van der Waals surface area (Å²) in [5, 5.41) is 0. The summed E-state index contributed by atoms with van der Waals surface area (Å²) >= 11 is 0. The monoisotopic (exact) mass is 151 g/mol. The van der Waals surface area contributed by atoms with Gasteiger partial charge in [0.2, 0.25) is 0 Å². The highest BCUT2D eigenvalue weighted by Crippen LogP contribution is 2.10. The Morgan fingerprint density at radius 3 is 2.73 bits per heavy atom. The molecule has 0 saturated heterocycles. The number of nitrogens with two attached hydrogens (primary N) is 1. The molecule has 0 unspecified atom stereocenters. The molecule has 58 valence electrons. The fourth-order valence-electron chi connectivity index (χ4n) is 0.863. The van der Waals surface area contributed by atoms with Crippen molar-refractivity contribution in [1.82, 2.24) is 0 Å². The Hall–Kier alpha value is -1.15. The Bertz CT molecular complexity index is 268. The summed E-state index contributed by atoms with van der Waals surface area (Å²) in [5.41, 5.74) is 6.63. The van der Waals surface area contributed by atoms with E-state index in [1.54, 1.807) is 12.1 Å². The maximum Gasteiger partial charge on any atom is 0.130 e. The van der Waals surface area contributed by atoms with Gasteiger partial charge in [0.05, 0.1) is 0 Å². The minimum atomic E-state index is -0.261. The van der Waals surface area contributed by atoms with Crippen LogP contribution in [0.15, 0.2) is 24.8 Å². The van der Waals surface area contributed by atoms with Crippen molar-refractivity contribution in [1.29, 1.82) is 0 Å². The molecule has 0 aliphatic carbocycles. The lowest BCUT2D eigenvalue weighted by molar-refractivity contribution is 0.623. The first-order chi connectivity index (χ1) is 5.27. The molecule has 11 heavy (non-hydrogen) atoms. The average molecular weight is 151 g/mol. The molecule has 0 atom stereocenters. The van der Waals surface area contributed by atoms with Crippen LogP contribution in [0.2, 0.25) is 0 Å². The Morgan fingerprint density at radius 1 is 1.55 bits per heavy atom. The van der Waals surface area contributed by atoms with Gasteiger partial charge in [-0.3, -0.25) is 0 Å². The second kappa shape index (κ2) is 3.30. The zero-order valence-corrected chi connectivity index (χ0v) is 6.18. The summed E-state index contributed by atoms with van der Waals surface area (Å²) in [7, 11) is 0. The number of hydrogen-bond donors (Lipinski definition) is 1. The fourth-order valence-corrected chi connectivity index (χ4v) is 0.863. The third-order valence-electron chi connectivity index (χ3n) is 1.52. The molecule has 0 saturated carbocycles. The van der Waals surface area contributed by atoms with E-state index in [4.69, 9.17) is 5.73 Å². The highest BCUT2D eigenvalue weighted by molar-refractivity contribution is 5.48. The maximum atomic E-state index is 12.9. The van der Waals surface area contributed by atoms with Gasteiger partial charge < -0.3 is 5.73 Å². The second-order valence-corrected chi connectivity index (χ2v) is 2.26. The van der Waals surface area contributed by atoms with Gasteiger partial charge in [0.25, 0.3) is 0 Å². The first-order valence-corrected chi connectivity index (χ1v) is 3.39. The molecule has 0 spiro atoms. The standard InChI is InChI=1S/C9H10FN/c1-2-8-4-3-7(6-11)5-9(8)10/h2-5H,1,6,11H2. The van der Waals surface area contributed by atoms with Crippen LogP contribution >= 0.6 is 0 Å². The molecule has 0 radical (unpaired) electrons. The topological polar surface area (TPSA) is 26.0 Å². The summed E-state index contributed by atoms with van der Waals surface area (Å²) in [4.78, 5) is 0. The molecular weight excluding hydrogens is 141 g/mol. The lowest BCUT2D eigenvalue weighted by Crippen LogP contribution is -1.97. The third kappa shape index (κ3) is 1.65. The van der Waals surface area contributed by atoms with Crippen molar-refractivity contribution in [2.45, 2.75) is 6.54 Å². The van der Waals surface area contributed by atoms with Crippen LogP contribution in [0.1, 0.15) is 11.1 Å². The minimum absolute atomic E-state index is 0.261. The van der Waals surface area contributed by atoms with Gasteiger partial charge in [0.1, 0.15) is 5.82 Å². The highest BCUT2D eigenvalue weighted by atomic mass is 19.1. The van der Waals surface area contributed by atoms with Crippen LogP contribution in [-0.4, -0.2) is 0 Å². The van der Waals surface area contributed by atoms with Crippen molar-refractivity contribution < 1.29 is 4.39 Å². The van der Waals surface area contributed by atoms with Crippen molar-refractivity contribution in [3.63, 3.8) is 0 Å². The Morgan fingerprint density at radius 2 is 2.27 bits per heavy atom. The molecule has 0 aliphatic heterocycles. The fraction of sp³-hybridized carbons (Fsp3) is 0.111. The van der Waals surface area contributed by atoms with Crippen LogP contribution in [0, 0.1) is 5.82 Å². The highest BCUT2D eigenvalue weighted by Gasteiger charge is 1.97. The van der Waals surface area contributed by atoms with Crippen molar-refractivity contribution >= 4 is 6.08 Å². The maximum absolute atomic E-state index is 12.9. The molecule has 0 aliphatic rings. The normalized spacial score (nSPS) is 9.64. The van der Waals surface area contributed by atoms with Crippen molar-refractivity contribution in [3.05, 3.63) is 41.7 Å². The van der Waals surface area contributed by atoms with Crippen LogP contribution < -0.4 is 5.73 Å². The largest absolute Gasteiger partial charge is 0.326 e. The van der Waals surface area contributed by atoms with E-state index in [2.05, 4.69) is 6.58 Å². The Balaban J connectivity index is 3.09. The average Bonchev–Trinajstić information content (AvgIpc) is 2.04. The molecule has 1 rings (SSSR count). The van der Waals surface area contributed by atoms with E-state index in [1.807, 2.05) is 0 Å². The minimum Gasteiger partial charge on any atom is -0.326 e. The SMILES string of the molecule is C=Cc1ccc(CN)cc1F. The van der Waals surface area contributed by atoms with E-state index >= 15 is 0 Å². The van der Waals surface area contributed by atoms with Gasteiger partial charge in [0.15, 0.2) is 0 Å². The van der Waals surface area contributed by atoms with Crippen LogP contribution in [0.3, 0.4) is 0 Å². The second-order valence-electron chi connectivity index (χ2n) is 2.26. The lowest BCUT2D eigenvalue weighted by Gasteiger charge is -1.98. The van der Waals surface area contributed by atoms with Crippen LogP contribution in [0.5, 0.6) is 0 Å². The summed E-state index contributed by atoms with van der Waals surface area (Å²) in [6.07, 6.45) is 1.48. The number of hydrogen-bond acceptors (Lipinski definition) is 1. The van der Waals surface area contributed by atoms with Crippen LogP contribution in [0.4, 0.5) is 4.39 Å². The molecule has 0 aromatic heterocycles. The number of rotatable bonds is 2. The van der Waals surface area contributed by atoms with Crippen molar-refractivity contribution in [3.8, 4) is 0 Å². The van der Waals surface area contributed by atoms with E-state index < -0.39 is 0 Å². The Labute approximate surface area is 65.3 Å². The third-order valence-corrected chi connectivity index (χ3v) is 1.52. The molecule has 0 bridgehead atoms. The van der Waals surface area contributed by atoms with Gasteiger partial charge >= 0.3 is 0 Å². The summed E-state index contributed by atoms with van der Waals surface area (Å²) in [5.74, 6) is -0.261. The van der Waals surface area contributed by atoms with E-state index in [-0.39, 0.29) is 5.82 Å². The first-order valence-electron chi connectivity index (χ1n) is 3.39. The molecule has 0 fully saturated rings. The molecule has 1 aromatic carbocycles. The number of benzene rings is 1. The zero-order chi connectivity index (χ0) is 8.27. The molecule has 2 heteroatoms. The Kier molecular flexibility index (Phi) is 2.39. The van der Waals surface area contributed by atoms with Gasteiger partial charge in [-0.1, -0.05) is 24.8 Å². The van der Waals surface area contributed by atoms with Crippen molar-refractivity contribution in [2.75, 3.05) is 0 Å². The summed E-state index contributed by atoms with van der Waals surface area (Å²) in [6, 6.07) is 4.89. The van der Waals surface area contributed by atoms with Crippen LogP contribution in [-0.2, 0) is 6.54 Å². The zero-order valence-electron chi connectivity index (χ0n) is 6.18. The van der Waals surface area contributed by atoms with Gasteiger partial charge in [0, 0.05) is 12.1 Å². The van der Waals surface area contributed by atoms with E-state index in [1.165, 1.54) is 12.1 Å². The van der Waals surface area contributed by atoms with Gasteiger partial charge in [-0.25, -0.2) is 4.39 Å². The summed E-state index contributed by atoms with van der Waals surface area (Å²) in [6.45, 7) is 3.85. The van der Waals surface area contributed by atoms with Gasteiger partial charge in [-0.2, -0.15) is 0 Å². The quantitative estimate of drug-likeness (QED) is 0.686. The summed E-state index contributed by atoms with van der Waals surface area (Å²) < 4.78 is 12.9. The van der Waals surface area contributed by atoms with E-state index in [0.717, 1.165) is 5.56 Å². The molecule has 1 nitrogen and oxygen atoms in total. The molecule has 2 N–H and O–H groups in total. The molecule has 0 heterocycles. The first kappa shape index (κ1) is 7.95. The molecule has 0 amide bonds. The van der Waals surface area contributed by atoms with Gasteiger partial charge in [-0.15, -0.1) is 0 Å². The molecule has 1 aromatic rings. The van der Waals surface area contributed by atoms with Gasteiger partial charge in [-0.05, 0) is 11.6 Å². The number of halogens is 1.